The zero-order valence-corrected chi connectivity index (χ0v) is 21.8. The van der Waals surface area contributed by atoms with Gasteiger partial charge in [-0.25, -0.2) is 19.6 Å². The summed E-state index contributed by atoms with van der Waals surface area (Å²) in [6.07, 6.45) is 11.3. The van der Waals surface area contributed by atoms with Crippen molar-refractivity contribution in [1.82, 2.24) is 34.3 Å². The topological polar surface area (TPSA) is 126 Å². The van der Waals surface area contributed by atoms with Crippen molar-refractivity contribution >= 4 is 17.0 Å². The molecule has 1 aromatic carbocycles. The molecule has 6 aromatic rings. The Morgan fingerprint density at radius 3 is 2.65 bits per heavy atom. The molecule has 1 unspecified atom stereocenters. The summed E-state index contributed by atoms with van der Waals surface area (Å²) in [6, 6.07) is 18.5. The Hall–Kier alpha value is -4.89. The summed E-state index contributed by atoms with van der Waals surface area (Å²) >= 11 is 0. The molecule has 9 nitrogen and oxygen atoms in total. The van der Waals surface area contributed by atoms with E-state index in [1.54, 1.807) is 17.1 Å². The van der Waals surface area contributed by atoms with Crippen molar-refractivity contribution < 1.29 is 0 Å². The lowest BCUT2D eigenvalue weighted by atomic mass is 9.91. The van der Waals surface area contributed by atoms with Crippen molar-refractivity contribution in [3.05, 3.63) is 107 Å². The van der Waals surface area contributed by atoms with Gasteiger partial charge in [0.05, 0.1) is 11.3 Å². The van der Waals surface area contributed by atoms with Gasteiger partial charge in [0.25, 0.3) is 0 Å². The van der Waals surface area contributed by atoms with E-state index in [1.165, 1.54) is 22.3 Å². The predicted molar refractivity (Wildman–Crippen MR) is 153 cm³/mol. The standard InChI is InChI=1S/C31H27N9/c32-24-9-5-18-12-15-34-28(27(18)24)22-7-4-19-17-20(6-8-21(19)22)40-30(23-3-1-13-35-29(23)33)37-25-10-11-26(38-31(25)40)39-16-2-14-36-39/h1-3,6,8,10-17,22,24H,4-5,7,9,32H2,(H2,33,35)/t22-,24?/m0/s1. The molecule has 0 bridgehead atoms. The largest absolute Gasteiger partial charge is 0.383 e. The molecule has 196 valence electrons. The van der Waals surface area contributed by atoms with Crippen LogP contribution in [0.25, 0.3) is 34.1 Å². The van der Waals surface area contributed by atoms with E-state index in [0.717, 1.165) is 53.8 Å². The van der Waals surface area contributed by atoms with Crippen molar-refractivity contribution in [1.29, 1.82) is 0 Å². The van der Waals surface area contributed by atoms with Gasteiger partial charge in [-0.1, -0.05) is 6.07 Å². The zero-order valence-electron chi connectivity index (χ0n) is 21.8. The molecule has 40 heavy (non-hydrogen) atoms. The lowest BCUT2D eigenvalue weighted by Crippen LogP contribution is -2.12. The molecule has 0 amide bonds. The van der Waals surface area contributed by atoms with Crippen molar-refractivity contribution in [2.24, 2.45) is 5.73 Å². The molecule has 9 heteroatoms. The van der Waals surface area contributed by atoms with Crippen molar-refractivity contribution in [2.45, 2.75) is 37.6 Å². The van der Waals surface area contributed by atoms with Gasteiger partial charge in [0.2, 0.25) is 0 Å². The molecular weight excluding hydrogens is 498 g/mol. The number of fused-ring (bicyclic) bond motifs is 3. The predicted octanol–water partition coefficient (Wildman–Crippen LogP) is 4.67. The average molecular weight is 526 g/mol. The number of nitrogens with two attached hydrogens (primary N) is 2. The van der Waals surface area contributed by atoms with Crippen LogP contribution in [0.3, 0.4) is 0 Å². The highest BCUT2D eigenvalue weighted by atomic mass is 15.3. The monoisotopic (exact) mass is 525 g/mol. The highest BCUT2D eigenvalue weighted by Gasteiger charge is 2.32. The summed E-state index contributed by atoms with van der Waals surface area (Å²) < 4.78 is 3.83. The van der Waals surface area contributed by atoms with Crippen LogP contribution in [0.4, 0.5) is 5.82 Å². The van der Waals surface area contributed by atoms with E-state index in [1.807, 2.05) is 42.7 Å². The number of imidazole rings is 1. The second kappa shape index (κ2) is 8.82. The molecule has 0 fully saturated rings. The zero-order chi connectivity index (χ0) is 26.8. The van der Waals surface area contributed by atoms with Gasteiger partial charge in [-0.3, -0.25) is 9.55 Å². The molecule has 0 saturated carbocycles. The van der Waals surface area contributed by atoms with E-state index in [4.69, 9.17) is 26.4 Å². The van der Waals surface area contributed by atoms with Crippen molar-refractivity contribution in [3.63, 3.8) is 0 Å². The van der Waals surface area contributed by atoms with Crippen LogP contribution in [0, 0.1) is 0 Å². The van der Waals surface area contributed by atoms with Gasteiger partial charge in [0.15, 0.2) is 17.3 Å². The van der Waals surface area contributed by atoms with Crippen LogP contribution in [0.15, 0.2) is 79.4 Å². The average Bonchev–Trinajstić information content (AvgIpc) is 3.78. The fourth-order valence-corrected chi connectivity index (χ4v) is 6.45. The first-order valence-electron chi connectivity index (χ1n) is 13.6. The Morgan fingerprint density at radius 2 is 1.77 bits per heavy atom. The summed E-state index contributed by atoms with van der Waals surface area (Å²) in [5.74, 6) is 2.09. The number of hydrogen-bond donors (Lipinski definition) is 2. The molecule has 4 N–H and O–H groups in total. The van der Waals surface area contributed by atoms with Crippen LogP contribution in [0.5, 0.6) is 0 Å². The first-order valence-corrected chi connectivity index (χ1v) is 13.6. The number of anilines is 1. The highest BCUT2D eigenvalue weighted by Crippen LogP contribution is 2.44. The van der Waals surface area contributed by atoms with Gasteiger partial charge >= 0.3 is 0 Å². The smallest absolute Gasteiger partial charge is 0.167 e. The summed E-state index contributed by atoms with van der Waals surface area (Å²) in [5.41, 5.74) is 22.5. The van der Waals surface area contributed by atoms with Crippen LogP contribution >= 0.6 is 0 Å². The molecule has 0 saturated heterocycles. The van der Waals surface area contributed by atoms with Crippen molar-refractivity contribution in [3.8, 4) is 22.9 Å². The van der Waals surface area contributed by atoms with Gasteiger partial charge in [-0.2, -0.15) is 5.10 Å². The summed E-state index contributed by atoms with van der Waals surface area (Å²) in [6.45, 7) is 0. The van der Waals surface area contributed by atoms with Crippen LogP contribution in [0.1, 0.15) is 52.7 Å². The Labute approximate surface area is 230 Å². The second-order valence-electron chi connectivity index (χ2n) is 10.6. The number of hydrogen-bond acceptors (Lipinski definition) is 7. The van der Waals surface area contributed by atoms with E-state index >= 15 is 0 Å². The van der Waals surface area contributed by atoms with Crippen LogP contribution < -0.4 is 11.5 Å². The Bertz CT molecular complexity index is 1900. The Kier molecular flexibility index (Phi) is 5.08. The molecule has 0 spiro atoms. The number of aromatic nitrogens is 7. The van der Waals surface area contributed by atoms with E-state index in [2.05, 4.69) is 38.9 Å². The van der Waals surface area contributed by atoms with Gasteiger partial charge in [0, 0.05) is 42.4 Å². The molecule has 2 aliphatic carbocycles. The van der Waals surface area contributed by atoms with Gasteiger partial charge in [0.1, 0.15) is 11.3 Å². The number of nitrogen functional groups attached to an aromatic ring is 1. The second-order valence-corrected chi connectivity index (χ2v) is 10.6. The molecule has 5 heterocycles. The third-order valence-corrected chi connectivity index (χ3v) is 8.31. The lowest BCUT2D eigenvalue weighted by molar-refractivity contribution is 0.682. The number of rotatable bonds is 4. The summed E-state index contributed by atoms with van der Waals surface area (Å²) in [5, 5.41) is 4.37. The lowest BCUT2D eigenvalue weighted by Gasteiger charge is -2.18. The minimum atomic E-state index is 0.0712. The Balaban J connectivity index is 1.29. The maximum Gasteiger partial charge on any atom is 0.167 e. The normalized spacial score (nSPS) is 17.8. The molecule has 0 radical (unpaired) electrons. The van der Waals surface area contributed by atoms with Gasteiger partial charge in [-0.15, -0.1) is 0 Å². The quantitative estimate of drug-likeness (QED) is 0.342. The SMILES string of the molecule is Nc1ncccc1-c1nc2ccc(-n3cccn3)nc2n1-c1ccc2c(c1)CC[C@@H]2c1nccc2c1C(N)CC2. The summed E-state index contributed by atoms with van der Waals surface area (Å²) in [4.78, 5) is 19.1. The van der Waals surface area contributed by atoms with Crippen LogP contribution in [-0.4, -0.2) is 34.3 Å². The molecular formula is C31H27N9. The fourth-order valence-electron chi connectivity index (χ4n) is 6.45. The molecule has 8 rings (SSSR count). The van der Waals surface area contributed by atoms with E-state index in [-0.39, 0.29) is 12.0 Å². The van der Waals surface area contributed by atoms with Gasteiger partial charge in [-0.05, 0) is 96.5 Å². The maximum absolute atomic E-state index is 6.53. The third kappa shape index (κ3) is 3.48. The van der Waals surface area contributed by atoms with Gasteiger partial charge < -0.3 is 11.5 Å². The van der Waals surface area contributed by atoms with Crippen LogP contribution in [0.2, 0.25) is 0 Å². The maximum atomic E-state index is 6.53. The third-order valence-electron chi connectivity index (χ3n) is 8.31. The van der Waals surface area contributed by atoms with Crippen LogP contribution in [-0.2, 0) is 12.8 Å². The van der Waals surface area contributed by atoms with E-state index < -0.39 is 0 Å². The Morgan fingerprint density at radius 1 is 0.850 bits per heavy atom. The molecule has 5 aromatic heterocycles. The summed E-state index contributed by atoms with van der Waals surface area (Å²) in [7, 11) is 0. The first kappa shape index (κ1) is 23.0. The minimum absolute atomic E-state index is 0.0712. The van der Waals surface area contributed by atoms with Crippen molar-refractivity contribution in [2.75, 3.05) is 5.73 Å². The fraction of sp³-hybridized carbons (Fsp3) is 0.194. The minimum Gasteiger partial charge on any atom is -0.383 e. The molecule has 0 aliphatic heterocycles. The molecule has 2 aliphatic rings. The molecule has 2 atom stereocenters. The van der Waals surface area contributed by atoms with E-state index in [9.17, 15) is 0 Å². The number of benzene rings is 1. The van der Waals surface area contributed by atoms with E-state index in [0.29, 0.717) is 17.5 Å². The number of nitrogens with zero attached hydrogens (tertiary/aromatic N) is 7. The first-order chi connectivity index (χ1) is 19.7. The number of aryl methyl sites for hydroxylation is 2. The highest BCUT2D eigenvalue weighted by molar-refractivity contribution is 5.83. The number of pyridine rings is 3.